The van der Waals surface area contributed by atoms with Crippen LogP contribution in [0.1, 0.15) is 37.3 Å². The quantitative estimate of drug-likeness (QED) is 0.849. The van der Waals surface area contributed by atoms with Gasteiger partial charge in [0.25, 0.3) is 0 Å². The number of rotatable bonds is 4. The first kappa shape index (κ1) is 16.1. The minimum Gasteiger partial charge on any atom is -0.493 e. The van der Waals surface area contributed by atoms with Gasteiger partial charge >= 0.3 is 0 Å². The highest BCUT2D eigenvalue weighted by Crippen LogP contribution is 2.35. The molecule has 1 aromatic carbocycles. The van der Waals surface area contributed by atoms with Crippen molar-refractivity contribution < 1.29 is 19.0 Å². The van der Waals surface area contributed by atoms with E-state index in [2.05, 4.69) is 0 Å². The topological polar surface area (TPSA) is 44.8 Å². The van der Waals surface area contributed by atoms with Crippen molar-refractivity contribution in [2.24, 2.45) is 5.92 Å². The zero-order chi connectivity index (χ0) is 16.4. The largest absolute Gasteiger partial charge is 0.493 e. The number of ketones is 1. The van der Waals surface area contributed by atoms with Gasteiger partial charge in [0.1, 0.15) is 18.1 Å². The second-order valence-electron chi connectivity index (χ2n) is 6.39. The van der Waals surface area contributed by atoms with Crippen molar-refractivity contribution in [2.45, 2.75) is 52.2 Å². The molecule has 1 fully saturated rings. The molecule has 3 rings (SSSR count). The Morgan fingerprint density at radius 1 is 1.26 bits per heavy atom. The van der Waals surface area contributed by atoms with Crippen molar-refractivity contribution in [2.75, 3.05) is 6.61 Å². The summed E-state index contributed by atoms with van der Waals surface area (Å²) in [5.74, 6) is 0.971. The Morgan fingerprint density at radius 3 is 2.87 bits per heavy atom. The lowest BCUT2D eigenvalue weighted by molar-refractivity contribution is -0.133. The Labute approximate surface area is 137 Å². The monoisotopic (exact) mass is 316 g/mol. The predicted molar refractivity (Wildman–Crippen MR) is 87.3 cm³/mol. The normalized spacial score (nSPS) is 27.0. The lowest BCUT2D eigenvalue weighted by Crippen LogP contribution is -2.42. The lowest BCUT2D eigenvalue weighted by atomic mass is 9.80. The Morgan fingerprint density at radius 2 is 2.09 bits per heavy atom. The van der Waals surface area contributed by atoms with Gasteiger partial charge in [-0.25, -0.2) is 0 Å². The van der Waals surface area contributed by atoms with Gasteiger partial charge < -0.3 is 14.2 Å². The van der Waals surface area contributed by atoms with Crippen LogP contribution in [0, 0.1) is 19.8 Å². The summed E-state index contributed by atoms with van der Waals surface area (Å²) in [5, 5.41) is 0. The van der Waals surface area contributed by atoms with Gasteiger partial charge in [0.05, 0.1) is 12.0 Å². The highest BCUT2D eigenvalue weighted by atomic mass is 16.5. The molecule has 1 aliphatic carbocycles. The summed E-state index contributed by atoms with van der Waals surface area (Å²) >= 11 is 0. The van der Waals surface area contributed by atoms with Crippen LogP contribution in [0.5, 0.6) is 5.75 Å². The SMILES string of the molecule is CCOC1CCC2C(=O)C(Oc3cc(C)ccc3C)=COC2C1. The van der Waals surface area contributed by atoms with Crippen LogP contribution in [0.2, 0.25) is 0 Å². The Kier molecular flexibility index (Phi) is 4.71. The van der Waals surface area contributed by atoms with E-state index in [0.29, 0.717) is 12.4 Å². The maximum Gasteiger partial charge on any atom is 0.207 e. The summed E-state index contributed by atoms with van der Waals surface area (Å²) in [7, 11) is 0. The predicted octanol–water partition coefficient (Wildman–Crippen LogP) is 3.70. The number of aryl methyl sites for hydroxylation is 2. The Bertz CT molecular complexity index is 620. The van der Waals surface area contributed by atoms with Crippen molar-refractivity contribution in [1.82, 2.24) is 0 Å². The molecule has 4 nitrogen and oxygen atoms in total. The number of Topliss-reactive ketones (excluding diaryl/α,β-unsaturated/α-hetero) is 1. The Hall–Kier alpha value is -1.81. The molecule has 1 aromatic rings. The van der Waals surface area contributed by atoms with Crippen LogP contribution in [0.3, 0.4) is 0 Å². The molecule has 0 saturated heterocycles. The van der Waals surface area contributed by atoms with E-state index in [1.165, 1.54) is 6.26 Å². The molecule has 3 unspecified atom stereocenters. The van der Waals surface area contributed by atoms with Crippen molar-refractivity contribution in [3.63, 3.8) is 0 Å². The van der Waals surface area contributed by atoms with Crippen molar-refractivity contribution in [1.29, 1.82) is 0 Å². The number of hydrogen-bond donors (Lipinski definition) is 0. The zero-order valence-corrected chi connectivity index (χ0v) is 14.0. The second kappa shape index (κ2) is 6.75. The standard InChI is InChI=1S/C19H24O4/c1-4-21-14-7-8-15-17(10-14)22-11-18(19(15)20)23-16-9-12(2)5-6-13(16)3/h5-6,9,11,14-15,17H,4,7-8,10H2,1-3H3. The lowest BCUT2D eigenvalue weighted by Gasteiger charge is -2.37. The van der Waals surface area contributed by atoms with E-state index >= 15 is 0 Å². The van der Waals surface area contributed by atoms with Crippen LogP contribution in [0.25, 0.3) is 0 Å². The summed E-state index contributed by atoms with van der Waals surface area (Å²) in [6.07, 6.45) is 4.07. The number of carbonyl (C=O) groups excluding carboxylic acids is 1. The highest BCUT2D eigenvalue weighted by molar-refractivity contribution is 5.96. The molecule has 2 aliphatic rings. The highest BCUT2D eigenvalue weighted by Gasteiger charge is 2.41. The van der Waals surface area contributed by atoms with Gasteiger partial charge in [-0.15, -0.1) is 0 Å². The fraction of sp³-hybridized carbons (Fsp3) is 0.526. The number of fused-ring (bicyclic) bond motifs is 1. The average molecular weight is 316 g/mol. The molecule has 1 aliphatic heterocycles. The van der Waals surface area contributed by atoms with Gasteiger partial charge in [0, 0.05) is 13.0 Å². The van der Waals surface area contributed by atoms with E-state index < -0.39 is 0 Å². The number of benzene rings is 1. The minimum absolute atomic E-state index is 0.0529. The van der Waals surface area contributed by atoms with E-state index in [-0.39, 0.29) is 23.9 Å². The van der Waals surface area contributed by atoms with E-state index in [1.807, 2.05) is 39.0 Å². The molecule has 0 amide bonds. The third-order valence-electron chi connectivity index (χ3n) is 4.64. The third kappa shape index (κ3) is 3.42. The summed E-state index contributed by atoms with van der Waals surface area (Å²) in [4.78, 5) is 12.7. The fourth-order valence-corrected chi connectivity index (χ4v) is 3.33. The van der Waals surface area contributed by atoms with Crippen LogP contribution in [-0.4, -0.2) is 24.6 Å². The van der Waals surface area contributed by atoms with Crippen LogP contribution in [-0.2, 0) is 14.3 Å². The number of carbonyl (C=O) groups is 1. The van der Waals surface area contributed by atoms with Crippen LogP contribution >= 0.6 is 0 Å². The molecule has 3 atom stereocenters. The third-order valence-corrected chi connectivity index (χ3v) is 4.64. The molecule has 1 heterocycles. The molecular weight excluding hydrogens is 292 g/mol. The first-order valence-corrected chi connectivity index (χ1v) is 8.35. The summed E-state index contributed by atoms with van der Waals surface area (Å²) in [5.41, 5.74) is 2.11. The molecule has 124 valence electrons. The van der Waals surface area contributed by atoms with Crippen LogP contribution < -0.4 is 4.74 Å². The minimum atomic E-state index is -0.114. The molecule has 0 spiro atoms. The number of hydrogen-bond acceptors (Lipinski definition) is 4. The van der Waals surface area contributed by atoms with Gasteiger partial charge in [-0.05, 0) is 50.8 Å². The molecule has 0 radical (unpaired) electrons. The van der Waals surface area contributed by atoms with Crippen molar-refractivity contribution >= 4 is 5.78 Å². The van der Waals surface area contributed by atoms with Crippen molar-refractivity contribution in [3.8, 4) is 5.75 Å². The molecule has 0 aromatic heterocycles. The zero-order valence-electron chi connectivity index (χ0n) is 14.0. The number of allylic oxidation sites excluding steroid dienone is 1. The van der Waals surface area contributed by atoms with Gasteiger partial charge in [0.2, 0.25) is 11.5 Å². The van der Waals surface area contributed by atoms with E-state index in [4.69, 9.17) is 14.2 Å². The molecular formula is C19H24O4. The first-order valence-electron chi connectivity index (χ1n) is 8.35. The fourth-order valence-electron chi connectivity index (χ4n) is 3.33. The molecule has 4 heteroatoms. The molecule has 23 heavy (non-hydrogen) atoms. The van der Waals surface area contributed by atoms with Gasteiger partial charge in [0.15, 0.2) is 0 Å². The summed E-state index contributed by atoms with van der Waals surface area (Å²) in [6, 6.07) is 5.97. The van der Waals surface area contributed by atoms with Gasteiger partial charge in [-0.3, -0.25) is 4.79 Å². The molecule has 0 N–H and O–H groups in total. The van der Waals surface area contributed by atoms with Crippen molar-refractivity contribution in [3.05, 3.63) is 41.3 Å². The van der Waals surface area contributed by atoms with Gasteiger partial charge in [-0.1, -0.05) is 12.1 Å². The van der Waals surface area contributed by atoms with E-state index in [1.54, 1.807) is 0 Å². The average Bonchev–Trinajstić information content (AvgIpc) is 2.54. The molecule has 1 saturated carbocycles. The maximum absolute atomic E-state index is 12.7. The van der Waals surface area contributed by atoms with Crippen LogP contribution in [0.4, 0.5) is 0 Å². The summed E-state index contributed by atoms with van der Waals surface area (Å²) < 4.78 is 17.3. The maximum atomic E-state index is 12.7. The smallest absolute Gasteiger partial charge is 0.207 e. The number of ether oxygens (including phenoxy) is 3. The van der Waals surface area contributed by atoms with E-state index in [0.717, 1.165) is 36.1 Å². The Balaban J connectivity index is 1.73. The van der Waals surface area contributed by atoms with E-state index in [9.17, 15) is 4.79 Å². The first-order chi connectivity index (χ1) is 11.1. The van der Waals surface area contributed by atoms with Gasteiger partial charge in [-0.2, -0.15) is 0 Å². The summed E-state index contributed by atoms with van der Waals surface area (Å²) in [6.45, 7) is 6.67. The second-order valence-corrected chi connectivity index (χ2v) is 6.39. The molecule has 0 bridgehead atoms. The van der Waals surface area contributed by atoms with Crippen LogP contribution in [0.15, 0.2) is 30.2 Å².